The summed E-state index contributed by atoms with van der Waals surface area (Å²) in [4.78, 5) is 10.1. The number of hydrogen-bond acceptors (Lipinski definition) is 3. The molecule has 2 aromatic carbocycles. The molecule has 0 unspecified atom stereocenters. The van der Waals surface area contributed by atoms with Crippen molar-refractivity contribution in [3.63, 3.8) is 0 Å². The van der Waals surface area contributed by atoms with Gasteiger partial charge in [0.1, 0.15) is 11.5 Å². The maximum atomic E-state index is 10.6. The fourth-order valence-corrected chi connectivity index (χ4v) is 2.19. The first-order chi connectivity index (χ1) is 9.11. The average molecular weight is 343 g/mol. The average Bonchev–Trinajstić information content (AvgIpc) is 2.41. The fourth-order valence-electron chi connectivity index (χ4n) is 1.52. The molecule has 0 spiro atoms. The van der Waals surface area contributed by atoms with Gasteiger partial charge in [-0.05, 0) is 12.1 Å². The lowest BCUT2D eigenvalue weighted by Crippen LogP contribution is -1.92. The van der Waals surface area contributed by atoms with Gasteiger partial charge in [-0.3, -0.25) is 10.1 Å². The topological polar surface area (TPSA) is 52.4 Å². The van der Waals surface area contributed by atoms with Crippen LogP contribution in [0, 0.1) is 10.1 Å². The Morgan fingerprint density at radius 2 is 1.95 bits per heavy atom. The van der Waals surface area contributed by atoms with Crippen LogP contribution < -0.4 is 4.74 Å². The molecule has 0 aliphatic heterocycles. The molecule has 0 radical (unpaired) electrons. The molecule has 2 rings (SSSR count). The first kappa shape index (κ1) is 13.8. The van der Waals surface area contributed by atoms with Crippen molar-refractivity contribution in [3.8, 4) is 11.5 Å². The van der Waals surface area contributed by atoms with Gasteiger partial charge in [-0.1, -0.05) is 45.7 Å². The smallest absolute Gasteiger partial charge is 0.271 e. The Morgan fingerprint density at radius 1 is 1.21 bits per heavy atom. The maximum Gasteiger partial charge on any atom is 0.271 e. The Kier molecular flexibility index (Phi) is 4.39. The first-order valence-corrected chi connectivity index (χ1v) is 6.87. The Morgan fingerprint density at radius 3 is 2.58 bits per heavy atom. The summed E-state index contributed by atoms with van der Waals surface area (Å²) in [7, 11) is 0. The second-order valence-electron chi connectivity index (χ2n) is 3.72. The SMILES string of the molecule is O=[N+]([O-])c1ccc(Oc2ccccc2CBr)c(Cl)c1. The molecule has 0 saturated heterocycles. The van der Waals surface area contributed by atoms with Crippen LogP contribution in [0.5, 0.6) is 11.5 Å². The highest BCUT2D eigenvalue weighted by Crippen LogP contribution is 2.34. The number of nitrogens with zero attached hydrogens (tertiary/aromatic N) is 1. The summed E-state index contributed by atoms with van der Waals surface area (Å²) >= 11 is 9.35. The molecule has 6 heteroatoms. The zero-order chi connectivity index (χ0) is 13.8. The van der Waals surface area contributed by atoms with Crippen molar-refractivity contribution in [3.05, 3.63) is 63.2 Å². The van der Waals surface area contributed by atoms with Gasteiger partial charge in [0.15, 0.2) is 0 Å². The number of alkyl halides is 1. The molecule has 0 amide bonds. The maximum absolute atomic E-state index is 10.6. The molecule has 0 N–H and O–H groups in total. The van der Waals surface area contributed by atoms with Crippen LogP contribution >= 0.6 is 27.5 Å². The Hall–Kier alpha value is -1.59. The number of non-ortho nitro benzene ring substituents is 1. The molecule has 0 aliphatic carbocycles. The van der Waals surface area contributed by atoms with Crippen molar-refractivity contribution in [1.29, 1.82) is 0 Å². The van der Waals surface area contributed by atoms with Gasteiger partial charge in [-0.2, -0.15) is 0 Å². The summed E-state index contributed by atoms with van der Waals surface area (Å²) in [5.41, 5.74) is 0.906. The molecule has 0 aromatic heterocycles. The summed E-state index contributed by atoms with van der Waals surface area (Å²) in [6.45, 7) is 0. The summed E-state index contributed by atoms with van der Waals surface area (Å²) in [6.07, 6.45) is 0. The molecule has 98 valence electrons. The normalized spacial score (nSPS) is 10.2. The second-order valence-corrected chi connectivity index (χ2v) is 4.68. The summed E-state index contributed by atoms with van der Waals surface area (Å²) < 4.78 is 5.68. The summed E-state index contributed by atoms with van der Waals surface area (Å²) in [5.74, 6) is 1.05. The lowest BCUT2D eigenvalue weighted by molar-refractivity contribution is -0.384. The molecule has 2 aromatic rings. The van der Waals surface area contributed by atoms with Gasteiger partial charge in [-0.25, -0.2) is 0 Å². The minimum Gasteiger partial charge on any atom is -0.455 e. The predicted octanol–water partition coefficient (Wildman–Crippen LogP) is 4.94. The molecule has 0 aliphatic rings. The van der Waals surface area contributed by atoms with E-state index in [1.54, 1.807) is 0 Å². The summed E-state index contributed by atoms with van der Waals surface area (Å²) in [6, 6.07) is 11.6. The van der Waals surface area contributed by atoms with Gasteiger partial charge in [0.05, 0.1) is 9.95 Å². The van der Waals surface area contributed by atoms with E-state index in [1.807, 2.05) is 24.3 Å². The highest BCUT2D eigenvalue weighted by molar-refractivity contribution is 9.08. The monoisotopic (exact) mass is 341 g/mol. The molecule has 0 fully saturated rings. The van der Waals surface area contributed by atoms with Crippen LogP contribution in [0.1, 0.15) is 5.56 Å². The van der Waals surface area contributed by atoms with Crippen molar-refractivity contribution in [2.24, 2.45) is 0 Å². The summed E-state index contributed by atoms with van der Waals surface area (Å²) in [5, 5.41) is 11.5. The number of nitro benzene ring substituents is 1. The third-order valence-corrected chi connectivity index (χ3v) is 3.36. The molecule has 0 bridgehead atoms. The minimum absolute atomic E-state index is 0.0638. The van der Waals surface area contributed by atoms with E-state index in [9.17, 15) is 10.1 Å². The molecular formula is C13H9BrClNO3. The number of benzene rings is 2. The molecule has 0 saturated carbocycles. The molecule has 0 atom stereocenters. The lowest BCUT2D eigenvalue weighted by atomic mass is 10.2. The largest absolute Gasteiger partial charge is 0.455 e. The number of hydrogen-bond donors (Lipinski definition) is 0. The lowest BCUT2D eigenvalue weighted by Gasteiger charge is -2.10. The van der Waals surface area contributed by atoms with Gasteiger partial charge in [0.2, 0.25) is 0 Å². The number of nitro groups is 1. The predicted molar refractivity (Wildman–Crippen MR) is 77.3 cm³/mol. The van der Waals surface area contributed by atoms with E-state index in [1.165, 1.54) is 18.2 Å². The number of para-hydroxylation sites is 1. The van der Waals surface area contributed by atoms with Crippen LogP contribution in [0.2, 0.25) is 5.02 Å². The zero-order valence-corrected chi connectivity index (χ0v) is 12.0. The van der Waals surface area contributed by atoms with Crippen molar-refractivity contribution in [1.82, 2.24) is 0 Å². The number of rotatable bonds is 4. The highest BCUT2D eigenvalue weighted by atomic mass is 79.9. The first-order valence-electron chi connectivity index (χ1n) is 5.37. The Labute approximate surface area is 123 Å². The van der Waals surface area contributed by atoms with Gasteiger partial charge < -0.3 is 4.74 Å². The van der Waals surface area contributed by atoms with Gasteiger partial charge >= 0.3 is 0 Å². The quantitative estimate of drug-likeness (QED) is 0.449. The van der Waals surface area contributed by atoms with Gasteiger partial charge in [0, 0.05) is 23.0 Å². The van der Waals surface area contributed by atoms with E-state index in [2.05, 4.69) is 15.9 Å². The van der Waals surface area contributed by atoms with Crippen LogP contribution in [0.4, 0.5) is 5.69 Å². The van der Waals surface area contributed by atoms with Gasteiger partial charge in [-0.15, -0.1) is 0 Å². The fraction of sp³-hybridized carbons (Fsp3) is 0.0769. The molecule has 0 heterocycles. The van der Waals surface area contributed by atoms with Crippen LogP contribution in [0.25, 0.3) is 0 Å². The second kappa shape index (κ2) is 6.04. The van der Waals surface area contributed by atoms with Crippen molar-refractivity contribution in [2.45, 2.75) is 5.33 Å². The van der Waals surface area contributed by atoms with Crippen LogP contribution in [0.15, 0.2) is 42.5 Å². The Bertz CT molecular complexity index is 619. The molecule has 19 heavy (non-hydrogen) atoms. The third-order valence-electron chi connectivity index (χ3n) is 2.46. The molecule has 4 nitrogen and oxygen atoms in total. The van der Waals surface area contributed by atoms with Crippen LogP contribution in [0.3, 0.4) is 0 Å². The highest BCUT2D eigenvalue weighted by Gasteiger charge is 2.12. The van der Waals surface area contributed by atoms with Gasteiger partial charge in [0.25, 0.3) is 5.69 Å². The van der Waals surface area contributed by atoms with Crippen LogP contribution in [-0.4, -0.2) is 4.92 Å². The minimum atomic E-state index is -0.498. The van der Waals surface area contributed by atoms with E-state index in [0.29, 0.717) is 16.8 Å². The standard InChI is InChI=1S/C13H9BrClNO3/c14-8-9-3-1-2-4-12(9)19-13-6-5-10(16(17)18)7-11(13)15/h1-7H,8H2. The van der Waals surface area contributed by atoms with E-state index >= 15 is 0 Å². The van der Waals surface area contributed by atoms with E-state index in [0.717, 1.165) is 5.56 Å². The van der Waals surface area contributed by atoms with Crippen molar-refractivity contribution >= 4 is 33.2 Å². The van der Waals surface area contributed by atoms with E-state index in [4.69, 9.17) is 16.3 Å². The third kappa shape index (κ3) is 3.24. The van der Waals surface area contributed by atoms with Crippen LogP contribution in [-0.2, 0) is 5.33 Å². The van der Waals surface area contributed by atoms with Crippen molar-refractivity contribution in [2.75, 3.05) is 0 Å². The van der Waals surface area contributed by atoms with E-state index < -0.39 is 4.92 Å². The van der Waals surface area contributed by atoms with Crippen molar-refractivity contribution < 1.29 is 9.66 Å². The van der Waals surface area contributed by atoms with E-state index in [-0.39, 0.29) is 10.7 Å². The Balaban J connectivity index is 2.31. The zero-order valence-electron chi connectivity index (χ0n) is 9.68. The number of halogens is 2. The molecular weight excluding hydrogens is 334 g/mol. The number of ether oxygens (including phenoxy) is 1.